The summed E-state index contributed by atoms with van der Waals surface area (Å²) in [7, 11) is 1.62. The molecule has 0 aromatic heterocycles. The Morgan fingerprint density at radius 3 is 2.50 bits per heavy atom. The predicted octanol–water partition coefficient (Wildman–Crippen LogP) is 2.06. The van der Waals surface area contributed by atoms with Crippen LogP contribution < -0.4 is 4.74 Å². The molecular formula is C10H14O2. The Kier molecular flexibility index (Phi) is 2.71. The Hall–Kier alpha value is -1.02. The molecule has 0 radical (unpaired) electrons. The first-order valence-electron chi connectivity index (χ1n) is 3.98. The number of aliphatic hydroxyl groups excluding tert-OH is 1. The fourth-order valence-electron chi connectivity index (χ4n) is 1.28. The molecule has 0 spiro atoms. The molecular weight excluding hydrogens is 152 g/mol. The van der Waals surface area contributed by atoms with Crippen molar-refractivity contribution in [3.63, 3.8) is 0 Å². The summed E-state index contributed by atoms with van der Waals surface area (Å²) in [6, 6.07) is 5.75. The third-order valence-corrected chi connectivity index (χ3v) is 1.90. The SMILES string of the molecule is COc1c(C)cccc1[C@H](C)O. The Bertz CT molecular complexity index is 267. The van der Waals surface area contributed by atoms with Crippen LogP contribution >= 0.6 is 0 Å². The number of benzene rings is 1. The minimum Gasteiger partial charge on any atom is -0.496 e. The molecule has 0 aliphatic heterocycles. The summed E-state index contributed by atoms with van der Waals surface area (Å²) >= 11 is 0. The maximum Gasteiger partial charge on any atom is 0.127 e. The smallest absolute Gasteiger partial charge is 0.127 e. The van der Waals surface area contributed by atoms with E-state index in [0.717, 1.165) is 16.9 Å². The van der Waals surface area contributed by atoms with Crippen LogP contribution in [0.1, 0.15) is 24.2 Å². The van der Waals surface area contributed by atoms with Crippen molar-refractivity contribution in [2.75, 3.05) is 7.11 Å². The zero-order valence-corrected chi connectivity index (χ0v) is 7.66. The highest BCUT2D eigenvalue weighted by molar-refractivity contribution is 5.41. The second-order valence-electron chi connectivity index (χ2n) is 2.87. The number of ether oxygens (including phenoxy) is 1. The molecule has 1 N–H and O–H groups in total. The summed E-state index contributed by atoms with van der Waals surface area (Å²) in [5.74, 6) is 0.785. The summed E-state index contributed by atoms with van der Waals surface area (Å²) < 4.78 is 5.18. The van der Waals surface area contributed by atoms with Gasteiger partial charge in [0.25, 0.3) is 0 Å². The molecule has 0 fully saturated rings. The first-order valence-corrected chi connectivity index (χ1v) is 3.98. The Balaban J connectivity index is 3.18. The van der Waals surface area contributed by atoms with E-state index in [4.69, 9.17) is 4.74 Å². The summed E-state index contributed by atoms with van der Waals surface area (Å²) in [6.45, 7) is 3.70. The molecule has 0 heterocycles. The van der Waals surface area contributed by atoms with E-state index in [1.54, 1.807) is 14.0 Å². The van der Waals surface area contributed by atoms with Gasteiger partial charge in [0, 0.05) is 5.56 Å². The highest BCUT2D eigenvalue weighted by Gasteiger charge is 2.09. The van der Waals surface area contributed by atoms with Crippen molar-refractivity contribution in [3.8, 4) is 5.75 Å². The average Bonchev–Trinajstić information content (AvgIpc) is 2.03. The van der Waals surface area contributed by atoms with Gasteiger partial charge in [0.2, 0.25) is 0 Å². The molecule has 12 heavy (non-hydrogen) atoms. The molecule has 2 nitrogen and oxygen atoms in total. The van der Waals surface area contributed by atoms with Crippen LogP contribution in [0.3, 0.4) is 0 Å². The van der Waals surface area contributed by atoms with Gasteiger partial charge in [-0.2, -0.15) is 0 Å². The van der Waals surface area contributed by atoms with Gasteiger partial charge in [-0.05, 0) is 19.4 Å². The van der Waals surface area contributed by atoms with E-state index in [0.29, 0.717) is 0 Å². The molecule has 0 saturated heterocycles. The van der Waals surface area contributed by atoms with Crippen molar-refractivity contribution in [3.05, 3.63) is 29.3 Å². The van der Waals surface area contributed by atoms with Gasteiger partial charge < -0.3 is 9.84 Å². The molecule has 1 aromatic carbocycles. The molecule has 0 unspecified atom stereocenters. The van der Waals surface area contributed by atoms with Crippen molar-refractivity contribution in [2.45, 2.75) is 20.0 Å². The van der Waals surface area contributed by atoms with Gasteiger partial charge in [0.05, 0.1) is 13.2 Å². The highest BCUT2D eigenvalue weighted by Crippen LogP contribution is 2.27. The zero-order valence-electron chi connectivity index (χ0n) is 7.66. The van der Waals surface area contributed by atoms with Crippen molar-refractivity contribution in [2.24, 2.45) is 0 Å². The lowest BCUT2D eigenvalue weighted by Gasteiger charge is -2.12. The molecule has 1 aromatic rings. The average molecular weight is 166 g/mol. The first-order chi connectivity index (χ1) is 5.66. The van der Waals surface area contributed by atoms with Crippen LogP contribution in [0.2, 0.25) is 0 Å². The number of para-hydroxylation sites is 1. The third kappa shape index (κ3) is 1.59. The molecule has 0 aliphatic carbocycles. The Morgan fingerprint density at radius 2 is 2.08 bits per heavy atom. The van der Waals surface area contributed by atoms with E-state index >= 15 is 0 Å². The summed E-state index contributed by atoms with van der Waals surface area (Å²) in [5, 5.41) is 9.38. The fraction of sp³-hybridized carbons (Fsp3) is 0.400. The molecule has 1 rings (SSSR count). The molecule has 2 heteroatoms. The van der Waals surface area contributed by atoms with Crippen LogP contribution in [0.25, 0.3) is 0 Å². The van der Waals surface area contributed by atoms with Crippen LogP contribution in [0.5, 0.6) is 5.75 Å². The van der Waals surface area contributed by atoms with Gasteiger partial charge in [-0.1, -0.05) is 18.2 Å². The van der Waals surface area contributed by atoms with Crippen LogP contribution in [0, 0.1) is 6.92 Å². The van der Waals surface area contributed by atoms with Crippen LogP contribution in [-0.4, -0.2) is 12.2 Å². The number of hydrogen-bond acceptors (Lipinski definition) is 2. The molecule has 0 bridgehead atoms. The molecule has 1 atom stereocenters. The van der Waals surface area contributed by atoms with E-state index in [-0.39, 0.29) is 0 Å². The van der Waals surface area contributed by atoms with Crippen molar-refractivity contribution < 1.29 is 9.84 Å². The zero-order chi connectivity index (χ0) is 9.14. The standard InChI is InChI=1S/C10H14O2/c1-7-5-4-6-9(8(2)11)10(7)12-3/h4-6,8,11H,1-3H3/t8-/m0/s1. The molecule has 0 amide bonds. The van der Waals surface area contributed by atoms with Crippen molar-refractivity contribution in [1.29, 1.82) is 0 Å². The summed E-state index contributed by atoms with van der Waals surface area (Å²) in [6.07, 6.45) is -0.472. The van der Waals surface area contributed by atoms with Gasteiger partial charge in [-0.15, -0.1) is 0 Å². The highest BCUT2D eigenvalue weighted by atomic mass is 16.5. The maximum atomic E-state index is 9.38. The van der Waals surface area contributed by atoms with Gasteiger partial charge in [0.15, 0.2) is 0 Å². The molecule has 0 saturated carbocycles. The number of aryl methyl sites for hydroxylation is 1. The Labute approximate surface area is 72.8 Å². The molecule has 66 valence electrons. The largest absolute Gasteiger partial charge is 0.496 e. The first kappa shape index (κ1) is 9.07. The minimum absolute atomic E-state index is 0.472. The normalized spacial score (nSPS) is 12.7. The summed E-state index contributed by atoms with van der Waals surface area (Å²) in [4.78, 5) is 0. The lowest BCUT2D eigenvalue weighted by atomic mass is 10.1. The lowest BCUT2D eigenvalue weighted by Crippen LogP contribution is -1.97. The topological polar surface area (TPSA) is 29.5 Å². The van der Waals surface area contributed by atoms with E-state index in [1.165, 1.54) is 0 Å². The molecule has 0 aliphatic rings. The number of aliphatic hydroxyl groups is 1. The van der Waals surface area contributed by atoms with Gasteiger partial charge in [-0.3, -0.25) is 0 Å². The van der Waals surface area contributed by atoms with Crippen molar-refractivity contribution >= 4 is 0 Å². The van der Waals surface area contributed by atoms with Crippen LogP contribution in [0.4, 0.5) is 0 Å². The van der Waals surface area contributed by atoms with E-state index in [9.17, 15) is 5.11 Å². The second kappa shape index (κ2) is 3.59. The quantitative estimate of drug-likeness (QED) is 0.728. The van der Waals surface area contributed by atoms with Crippen molar-refractivity contribution in [1.82, 2.24) is 0 Å². The Morgan fingerprint density at radius 1 is 1.42 bits per heavy atom. The predicted molar refractivity (Wildman–Crippen MR) is 48.4 cm³/mol. The summed E-state index contributed by atoms with van der Waals surface area (Å²) in [5.41, 5.74) is 1.90. The van der Waals surface area contributed by atoms with E-state index in [2.05, 4.69) is 0 Å². The lowest BCUT2D eigenvalue weighted by molar-refractivity contribution is 0.194. The van der Waals surface area contributed by atoms with Gasteiger partial charge in [-0.25, -0.2) is 0 Å². The van der Waals surface area contributed by atoms with Crippen LogP contribution in [-0.2, 0) is 0 Å². The fourth-order valence-corrected chi connectivity index (χ4v) is 1.28. The van der Waals surface area contributed by atoms with E-state index < -0.39 is 6.10 Å². The van der Waals surface area contributed by atoms with Crippen LogP contribution in [0.15, 0.2) is 18.2 Å². The number of methoxy groups -OCH3 is 1. The third-order valence-electron chi connectivity index (χ3n) is 1.90. The van der Waals surface area contributed by atoms with Gasteiger partial charge >= 0.3 is 0 Å². The minimum atomic E-state index is -0.472. The van der Waals surface area contributed by atoms with E-state index in [1.807, 2.05) is 25.1 Å². The second-order valence-corrected chi connectivity index (χ2v) is 2.87. The van der Waals surface area contributed by atoms with Gasteiger partial charge in [0.1, 0.15) is 5.75 Å². The monoisotopic (exact) mass is 166 g/mol. The maximum absolute atomic E-state index is 9.38. The number of rotatable bonds is 2. The number of hydrogen-bond donors (Lipinski definition) is 1.